The van der Waals surface area contributed by atoms with Gasteiger partial charge in [0.05, 0.1) is 6.61 Å². The first-order valence-electron chi connectivity index (χ1n) is 6.45. The average Bonchev–Trinajstić information content (AvgIpc) is 2.90. The van der Waals surface area contributed by atoms with Crippen LogP contribution in [-0.2, 0) is 16.7 Å². The maximum atomic E-state index is 12.1. The number of aryl methyl sites for hydroxylation is 1. The van der Waals surface area contributed by atoms with Crippen molar-refractivity contribution < 1.29 is 9.53 Å². The minimum absolute atomic E-state index is 0.196. The summed E-state index contributed by atoms with van der Waals surface area (Å²) in [6.07, 6.45) is 1.67. The van der Waals surface area contributed by atoms with Crippen molar-refractivity contribution in [1.82, 2.24) is 10.2 Å². The van der Waals surface area contributed by atoms with Gasteiger partial charge in [0.25, 0.3) is 0 Å². The van der Waals surface area contributed by atoms with Crippen molar-refractivity contribution in [1.29, 1.82) is 5.41 Å². The lowest BCUT2D eigenvalue weighted by Gasteiger charge is -2.33. The average molecular weight is 259 g/mol. The number of carbonyl (C=O) groups excluding carboxylic acids is 1. The van der Waals surface area contributed by atoms with Gasteiger partial charge in [-0.25, -0.2) is 4.79 Å². The highest BCUT2D eigenvalue weighted by molar-refractivity contribution is 6.09. The number of methoxy groups -OCH3 is 1. The number of nitrogens with one attached hydrogen (secondary N) is 2. The number of benzene rings is 1. The molecule has 1 atom stereocenters. The molecule has 0 bridgehead atoms. The van der Waals surface area contributed by atoms with E-state index >= 15 is 0 Å². The molecule has 1 aromatic carbocycles. The zero-order chi connectivity index (χ0) is 13.5. The van der Waals surface area contributed by atoms with Crippen LogP contribution < -0.4 is 5.32 Å². The van der Waals surface area contributed by atoms with Gasteiger partial charge in [0, 0.05) is 13.7 Å². The number of rotatable bonds is 3. The molecule has 2 amide bonds. The zero-order valence-electron chi connectivity index (χ0n) is 10.9. The summed E-state index contributed by atoms with van der Waals surface area (Å²) in [5, 5.41) is 10.9. The second-order valence-corrected chi connectivity index (χ2v) is 4.97. The maximum absolute atomic E-state index is 12.1. The van der Waals surface area contributed by atoms with E-state index in [1.165, 1.54) is 5.56 Å². The van der Waals surface area contributed by atoms with E-state index in [9.17, 15) is 4.79 Å². The highest BCUT2D eigenvalue weighted by Crippen LogP contribution is 2.44. The first-order chi connectivity index (χ1) is 9.20. The third-order valence-corrected chi connectivity index (χ3v) is 4.09. The second-order valence-electron chi connectivity index (χ2n) is 4.97. The lowest BCUT2D eigenvalue weighted by molar-refractivity contribution is 0.123. The van der Waals surface area contributed by atoms with Crippen molar-refractivity contribution >= 4 is 11.9 Å². The molecular weight excluding hydrogens is 242 g/mol. The Morgan fingerprint density at radius 3 is 3.05 bits per heavy atom. The van der Waals surface area contributed by atoms with Gasteiger partial charge in [0.15, 0.2) is 0 Å². The first kappa shape index (κ1) is 12.2. The second kappa shape index (κ2) is 4.35. The Labute approximate surface area is 112 Å². The van der Waals surface area contributed by atoms with Gasteiger partial charge < -0.3 is 9.64 Å². The number of fused-ring (bicyclic) bond motifs is 2. The number of urea groups is 1. The molecule has 1 fully saturated rings. The van der Waals surface area contributed by atoms with E-state index in [0.29, 0.717) is 19.0 Å². The fraction of sp³-hybridized carbons (Fsp3) is 0.429. The van der Waals surface area contributed by atoms with Crippen LogP contribution in [0.2, 0.25) is 0 Å². The van der Waals surface area contributed by atoms with E-state index in [2.05, 4.69) is 11.4 Å². The van der Waals surface area contributed by atoms with Crippen molar-refractivity contribution in [3.8, 4) is 0 Å². The van der Waals surface area contributed by atoms with Gasteiger partial charge >= 0.3 is 6.03 Å². The summed E-state index contributed by atoms with van der Waals surface area (Å²) < 4.78 is 5.09. The summed E-state index contributed by atoms with van der Waals surface area (Å²) in [6.45, 7) is 0.976. The maximum Gasteiger partial charge on any atom is 0.324 e. The van der Waals surface area contributed by atoms with Crippen LogP contribution in [0.5, 0.6) is 0 Å². The summed E-state index contributed by atoms with van der Waals surface area (Å²) in [5.74, 6) is 0.290. The van der Waals surface area contributed by atoms with Crippen LogP contribution >= 0.6 is 0 Å². The summed E-state index contributed by atoms with van der Waals surface area (Å²) in [5.41, 5.74) is 1.70. The predicted octanol–water partition coefficient (Wildman–Crippen LogP) is 1.48. The van der Waals surface area contributed by atoms with Crippen LogP contribution in [-0.4, -0.2) is 37.0 Å². The van der Waals surface area contributed by atoms with Crippen LogP contribution in [0.4, 0.5) is 4.79 Å². The van der Waals surface area contributed by atoms with Gasteiger partial charge in [-0.1, -0.05) is 24.3 Å². The molecule has 0 aromatic heterocycles. The van der Waals surface area contributed by atoms with Crippen molar-refractivity contribution in [2.24, 2.45) is 0 Å². The molecule has 3 rings (SSSR count). The number of nitrogens with zero attached hydrogens (tertiary/aromatic N) is 1. The lowest BCUT2D eigenvalue weighted by Crippen LogP contribution is -2.46. The molecule has 0 saturated carbocycles. The molecule has 1 aliphatic carbocycles. The van der Waals surface area contributed by atoms with Crippen molar-refractivity contribution in [3.05, 3.63) is 35.4 Å². The summed E-state index contributed by atoms with van der Waals surface area (Å²) >= 11 is 0. The Balaban J connectivity index is 2.06. The number of carbonyl (C=O) groups is 1. The van der Waals surface area contributed by atoms with E-state index in [4.69, 9.17) is 10.1 Å². The molecule has 5 heteroatoms. The molecule has 1 heterocycles. The quantitative estimate of drug-likeness (QED) is 0.863. The Bertz CT molecular complexity index is 543. The fourth-order valence-electron chi connectivity index (χ4n) is 3.19. The monoisotopic (exact) mass is 259 g/mol. The molecule has 1 unspecified atom stereocenters. The number of amides is 2. The van der Waals surface area contributed by atoms with Gasteiger partial charge in [-0.05, 0) is 24.0 Å². The van der Waals surface area contributed by atoms with Crippen LogP contribution in [0.15, 0.2) is 24.3 Å². The standard InChI is InChI=1S/C14H17N3O2/c1-19-9-8-17-13(18)16-12(15)14(17)7-6-10-4-2-3-5-11(10)14/h2-5H,6-9H2,1H3,(H2,15,16,18). The molecule has 0 radical (unpaired) electrons. The molecule has 1 spiro atoms. The van der Waals surface area contributed by atoms with Crippen molar-refractivity contribution in [2.75, 3.05) is 20.3 Å². The SMILES string of the molecule is COCCN1C(=O)NC(=N)C12CCc1ccccc12. The number of hydrogen-bond donors (Lipinski definition) is 2. The molecule has 5 nitrogen and oxygen atoms in total. The molecule has 1 aliphatic heterocycles. The largest absolute Gasteiger partial charge is 0.383 e. The molecule has 2 N–H and O–H groups in total. The highest BCUT2D eigenvalue weighted by Gasteiger charge is 2.54. The summed E-state index contributed by atoms with van der Waals surface area (Å²) in [7, 11) is 1.62. The van der Waals surface area contributed by atoms with Gasteiger partial charge in [-0.3, -0.25) is 10.7 Å². The smallest absolute Gasteiger partial charge is 0.324 e. The van der Waals surface area contributed by atoms with E-state index in [0.717, 1.165) is 18.4 Å². The Hall–Kier alpha value is -1.88. The molecule has 1 aromatic rings. The fourth-order valence-corrected chi connectivity index (χ4v) is 3.19. The minimum atomic E-state index is -0.605. The van der Waals surface area contributed by atoms with Crippen LogP contribution in [0.1, 0.15) is 17.5 Å². The number of amidine groups is 1. The Kier molecular flexibility index (Phi) is 2.78. The van der Waals surface area contributed by atoms with Gasteiger partial charge in [0.1, 0.15) is 11.4 Å². The summed E-state index contributed by atoms with van der Waals surface area (Å²) in [4.78, 5) is 13.8. The van der Waals surface area contributed by atoms with E-state index in [1.54, 1.807) is 12.0 Å². The first-order valence-corrected chi connectivity index (χ1v) is 6.45. The third kappa shape index (κ3) is 1.58. The topological polar surface area (TPSA) is 65.4 Å². The van der Waals surface area contributed by atoms with Crippen LogP contribution in [0, 0.1) is 5.41 Å². The molecule has 19 heavy (non-hydrogen) atoms. The number of ether oxygens (including phenoxy) is 1. The van der Waals surface area contributed by atoms with Gasteiger partial charge in [-0.15, -0.1) is 0 Å². The van der Waals surface area contributed by atoms with E-state index in [1.807, 2.05) is 18.2 Å². The van der Waals surface area contributed by atoms with Crippen molar-refractivity contribution in [3.63, 3.8) is 0 Å². The van der Waals surface area contributed by atoms with Crippen LogP contribution in [0.25, 0.3) is 0 Å². The van der Waals surface area contributed by atoms with E-state index in [-0.39, 0.29) is 6.03 Å². The lowest BCUT2D eigenvalue weighted by atomic mass is 9.90. The third-order valence-electron chi connectivity index (χ3n) is 4.09. The number of hydrogen-bond acceptors (Lipinski definition) is 3. The van der Waals surface area contributed by atoms with Crippen molar-refractivity contribution in [2.45, 2.75) is 18.4 Å². The Morgan fingerprint density at radius 1 is 1.47 bits per heavy atom. The normalized spacial score (nSPS) is 25.0. The predicted molar refractivity (Wildman–Crippen MR) is 71.3 cm³/mol. The molecule has 1 saturated heterocycles. The minimum Gasteiger partial charge on any atom is -0.383 e. The Morgan fingerprint density at radius 2 is 2.26 bits per heavy atom. The zero-order valence-corrected chi connectivity index (χ0v) is 10.9. The van der Waals surface area contributed by atoms with Gasteiger partial charge in [-0.2, -0.15) is 0 Å². The highest BCUT2D eigenvalue weighted by atomic mass is 16.5. The summed E-state index contributed by atoms with van der Waals surface area (Å²) in [6, 6.07) is 7.88. The van der Waals surface area contributed by atoms with E-state index < -0.39 is 5.54 Å². The molecule has 100 valence electrons. The van der Waals surface area contributed by atoms with Gasteiger partial charge in [0.2, 0.25) is 0 Å². The van der Waals surface area contributed by atoms with Crippen LogP contribution in [0.3, 0.4) is 0 Å². The molecular formula is C14H17N3O2. The molecule has 2 aliphatic rings.